The maximum absolute atomic E-state index is 12.5. The number of carbonyl (C=O) groups excluding carboxylic acids is 1. The Kier molecular flexibility index (Phi) is 4.54. The van der Waals surface area contributed by atoms with Gasteiger partial charge in [0.15, 0.2) is 0 Å². The summed E-state index contributed by atoms with van der Waals surface area (Å²) in [6, 6.07) is 7.27. The molecule has 0 unspecified atom stereocenters. The molecule has 8 nitrogen and oxygen atoms in total. The number of rotatable bonds is 4. The third-order valence-corrected chi connectivity index (χ3v) is 4.30. The standard InChI is InChI=1S/C16H19N5O3/c1-11-17-18-19-21(11)9-12-4-6-13(7-5-12)15(22)20-8-2-3-14(10-20)16(23)24/h4-7,14H,2-3,8-10H2,1H3,(H,23,24)/t14-/m0/s1. The maximum atomic E-state index is 12.5. The lowest BCUT2D eigenvalue weighted by atomic mass is 9.97. The summed E-state index contributed by atoms with van der Waals surface area (Å²) >= 11 is 0. The summed E-state index contributed by atoms with van der Waals surface area (Å²) in [4.78, 5) is 25.3. The van der Waals surface area contributed by atoms with Crippen molar-refractivity contribution in [2.75, 3.05) is 13.1 Å². The van der Waals surface area contributed by atoms with E-state index in [0.717, 1.165) is 17.8 Å². The molecule has 126 valence electrons. The summed E-state index contributed by atoms with van der Waals surface area (Å²) in [6.07, 6.45) is 1.35. The highest BCUT2D eigenvalue weighted by molar-refractivity contribution is 5.94. The Morgan fingerprint density at radius 1 is 1.29 bits per heavy atom. The molecule has 1 saturated heterocycles. The molecule has 1 aliphatic rings. The molecular formula is C16H19N5O3. The van der Waals surface area contributed by atoms with Crippen LogP contribution in [0.1, 0.15) is 34.6 Å². The van der Waals surface area contributed by atoms with Crippen molar-refractivity contribution in [2.45, 2.75) is 26.3 Å². The van der Waals surface area contributed by atoms with Gasteiger partial charge < -0.3 is 10.0 Å². The van der Waals surface area contributed by atoms with E-state index < -0.39 is 11.9 Å². The third-order valence-electron chi connectivity index (χ3n) is 4.30. The van der Waals surface area contributed by atoms with Gasteiger partial charge in [0.05, 0.1) is 12.5 Å². The van der Waals surface area contributed by atoms with Crippen LogP contribution < -0.4 is 0 Å². The fraction of sp³-hybridized carbons (Fsp3) is 0.438. The Morgan fingerprint density at radius 2 is 2.04 bits per heavy atom. The number of aromatic nitrogens is 4. The molecule has 8 heteroatoms. The zero-order valence-electron chi connectivity index (χ0n) is 13.4. The molecule has 3 rings (SSSR count). The number of carboxylic acids is 1. The van der Waals surface area contributed by atoms with Crippen molar-refractivity contribution in [1.82, 2.24) is 25.1 Å². The minimum Gasteiger partial charge on any atom is -0.481 e. The van der Waals surface area contributed by atoms with Gasteiger partial charge in [-0.05, 0) is 47.9 Å². The van der Waals surface area contributed by atoms with Crippen LogP contribution in [0.25, 0.3) is 0 Å². The summed E-state index contributed by atoms with van der Waals surface area (Å²) < 4.78 is 1.68. The second kappa shape index (κ2) is 6.77. The maximum Gasteiger partial charge on any atom is 0.308 e. The normalized spacial score (nSPS) is 17.7. The van der Waals surface area contributed by atoms with Gasteiger partial charge >= 0.3 is 5.97 Å². The lowest BCUT2D eigenvalue weighted by molar-refractivity contribution is -0.143. The van der Waals surface area contributed by atoms with Gasteiger partial charge in [-0.2, -0.15) is 0 Å². The number of nitrogens with zero attached hydrogens (tertiary/aromatic N) is 5. The molecule has 0 aliphatic carbocycles. The first-order valence-corrected chi connectivity index (χ1v) is 7.88. The average molecular weight is 329 g/mol. The number of benzene rings is 1. The van der Waals surface area contributed by atoms with Gasteiger partial charge in [-0.3, -0.25) is 9.59 Å². The van der Waals surface area contributed by atoms with Gasteiger partial charge in [0.1, 0.15) is 5.82 Å². The fourth-order valence-corrected chi connectivity index (χ4v) is 2.87. The number of carboxylic acid groups (broad SMARTS) is 1. The number of carbonyl (C=O) groups is 2. The van der Waals surface area contributed by atoms with Crippen LogP contribution in [-0.2, 0) is 11.3 Å². The molecule has 0 saturated carbocycles. The van der Waals surface area contributed by atoms with Crippen LogP contribution in [-0.4, -0.2) is 55.2 Å². The van der Waals surface area contributed by atoms with Gasteiger partial charge in [0.25, 0.3) is 5.91 Å². The molecule has 1 aromatic carbocycles. The molecule has 1 aromatic heterocycles. The smallest absolute Gasteiger partial charge is 0.308 e. The predicted molar refractivity (Wildman–Crippen MR) is 84.4 cm³/mol. The minimum atomic E-state index is -0.834. The number of hydrogen-bond donors (Lipinski definition) is 1. The van der Waals surface area contributed by atoms with Crippen molar-refractivity contribution in [1.29, 1.82) is 0 Å². The molecule has 1 N–H and O–H groups in total. The molecule has 24 heavy (non-hydrogen) atoms. The Bertz CT molecular complexity index is 740. The molecule has 0 spiro atoms. The number of hydrogen-bond acceptors (Lipinski definition) is 5. The summed E-state index contributed by atoms with van der Waals surface area (Å²) in [7, 11) is 0. The summed E-state index contributed by atoms with van der Waals surface area (Å²) in [6.45, 7) is 3.25. The van der Waals surface area contributed by atoms with E-state index in [1.54, 1.807) is 21.7 Å². The number of likely N-dealkylation sites (tertiary alicyclic amines) is 1. The first kappa shape index (κ1) is 16.1. The van der Waals surface area contributed by atoms with Crippen molar-refractivity contribution < 1.29 is 14.7 Å². The predicted octanol–water partition coefficient (Wildman–Crippen LogP) is 0.967. The molecule has 2 aromatic rings. The van der Waals surface area contributed by atoms with E-state index in [1.807, 2.05) is 19.1 Å². The van der Waals surface area contributed by atoms with Crippen molar-refractivity contribution in [3.05, 3.63) is 41.2 Å². The van der Waals surface area contributed by atoms with E-state index >= 15 is 0 Å². The van der Waals surface area contributed by atoms with E-state index in [-0.39, 0.29) is 12.5 Å². The van der Waals surface area contributed by atoms with Crippen LogP contribution in [0.2, 0.25) is 0 Å². The third kappa shape index (κ3) is 3.42. The Morgan fingerprint density at radius 3 is 2.67 bits per heavy atom. The molecule has 1 atom stereocenters. The van der Waals surface area contributed by atoms with E-state index in [4.69, 9.17) is 5.11 Å². The van der Waals surface area contributed by atoms with Crippen molar-refractivity contribution in [3.8, 4) is 0 Å². The van der Waals surface area contributed by atoms with Gasteiger partial charge in [0.2, 0.25) is 0 Å². The highest BCUT2D eigenvalue weighted by Crippen LogP contribution is 2.19. The number of aryl methyl sites for hydroxylation is 1. The monoisotopic (exact) mass is 329 g/mol. The lowest BCUT2D eigenvalue weighted by Gasteiger charge is -2.30. The van der Waals surface area contributed by atoms with E-state index in [0.29, 0.717) is 25.1 Å². The Balaban J connectivity index is 1.67. The van der Waals surface area contributed by atoms with Gasteiger partial charge in [-0.1, -0.05) is 12.1 Å². The summed E-state index contributed by atoms with van der Waals surface area (Å²) in [5.74, 6) is -0.696. The topological polar surface area (TPSA) is 101 Å². The second-order valence-electron chi connectivity index (χ2n) is 6.01. The molecule has 1 amide bonds. The van der Waals surface area contributed by atoms with Gasteiger partial charge in [-0.25, -0.2) is 4.68 Å². The van der Waals surface area contributed by atoms with Crippen LogP contribution in [0.4, 0.5) is 0 Å². The minimum absolute atomic E-state index is 0.119. The molecule has 0 radical (unpaired) electrons. The van der Waals surface area contributed by atoms with Crippen LogP contribution in [0.5, 0.6) is 0 Å². The molecule has 0 bridgehead atoms. The fourth-order valence-electron chi connectivity index (χ4n) is 2.87. The van der Waals surface area contributed by atoms with E-state index in [1.165, 1.54) is 0 Å². The van der Waals surface area contributed by atoms with Crippen molar-refractivity contribution in [2.24, 2.45) is 5.92 Å². The number of aliphatic carboxylic acids is 1. The Labute approximate surface area is 139 Å². The number of tetrazole rings is 1. The van der Waals surface area contributed by atoms with Crippen LogP contribution >= 0.6 is 0 Å². The van der Waals surface area contributed by atoms with Gasteiger partial charge in [0, 0.05) is 18.7 Å². The highest BCUT2D eigenvalue weighted by atomic mass is 16.4. The van der Waals surface area contributed by atoms with Crippen LogP contribution in [0, 0.1) is 12.8 Å². The average Bonchev–Trinajstić information content (AvgIpc) is 3.00. The lowest BCUT2D eigenvalue weighted by Crippen LogP contribution is -2.42. The highest BCUT2D eigenvalue weighted by Gasteiger charge is 2.28. The number of amides is 1. The molecule has 2 heterocycles. The zero-order valence-corrected chi connectivity index (χ0v) is 13.4. The van der Waals surface area contributed by atoms with Crippen LogP contribution in [0.15, 0.2) is 24.3 Å². The Hall–Kier alpha value is -2.77. The summed E-state index contributed by atoms with van der Waals surface area (Å²) in [5.41, 5.74) is 1.56. The van der Waals surface area contributed by atoms with E-state index in [9.17, 15) is 9.59 Å². The molecule has 1 fully saturated rings. The summed E-state index contributed by atoms with van der Waals surface area (Å²) in [5, 5.41) is 20.5. The molecular weight excluding hydrogens is 310 g/mol. The quantitative estimate of drug-likeness (QED) is 0.897. The number of piperidine rings is 1. The zero-order chi connectivity index (χ0) is 17.1. The van der Waals surface area contributed by atoms with Crippen molar-refractivity contribution in [3.63, 3.8) is 0 Å². The van der Waals surface area contributed by atoms with Crippen LogP contribution in [0.3, 0.4) is 0 Å². The van der Waals surface area contributed by atoms with Gasteiger partial charge in [-0.15, -0.1) is 5.10 Å². The first-order chi connectivity index (χ1) is 11.5. The largest absolute Gasteiger partial charge is 0.481 e. The van der Waals surface area contributed by atoms with E-state index in [2.05, 4.69) is 15.5 Å². The SMILES string of the molecule is Cc1nnnn1Cc1ccc(C(=O)N2CCC[C@H](C(=O)O)C2)cc1. The molecule has 1 aliphatic heterocycles. The van der Waals surface area contributed by atoms with Crippen molar-refractivity contribution >= 4 is 11.9 Å². The first-order valence-electron chi connectivity index (χ1n) is 7.88. The second-order valence-corrected chi connectivity index (χ2v) is 6.01.